The minimum Gasteiger partial charge on any atom is -0.287 e. The van der Waals surface area contributed by atoms with Crippen LogP contribution in [0.15, 0.2) is 0 Å². The van der Waals surface area contributed by atoms with E-state index < -0.39 is 0 Å². The first-order chi connectivity index (χ1) is 5.58. The average Bonchev–Trinajstić information content (AvgIpc) is 2.55. The van der Waals surface area contributed by atoms with E-state index in [-0.39, 0.29) is 5.54 Å². The lowest BCUT2D eigenvalue weighted by Crippen LogP contribution is -2.46. The molecule has 0 N–H and O–H groups in total. The van der Waals surface area contributed by atoms with Gasteiger partial charge in [-0.1, -0.05) is 5.92 Å². The van der Waals surface area contributed by atoms with E-state index in [0.717, 1.165) is 0 Å². The SMILES string of the molecule is C#CC(C)(C)N(C)C1CCSC1. The molecule has 0 saturated carbocycles. The molecule has 1 heterocycles. The van der Waals surface area contributed by atoms with Crippen LogP contribution in [0.4, 0.5) is 0 Å². The van der Waals surface area contributed by atoms with Gasteiger partial charge in [0.1, 0.15) is 0 Å². The molecule has 1 unspecified atom stereocenters. The number of hydrogen-bond acceptors (Lipinski definition) is 2. The Bertz CT molecular complexity index is 187. The van der Waals surface area contributed by atoms with Crippen LogP contribution >= 0.6 is 11.8 Å². The molecule has 0 aromatic rings. The molecular formula is C10H17NS. The monoisotopic (exact) mass is 183 g/mol. The standard InChI is InChI=1S/C10H17NS/c1-5-10(2,3)11(4)9-6-7-12-8-9/h1,9H,6-8H2,2-4H3. The van der Waals surface area contributed by atoms with Gasteiger partial charge in [0.2, 0.25) is 0 Å². The predicted octanol–water partition coefficient (Wildman–Crippen LogP) is 1.84. The maximum absolute atomic E-state index is 5.48. The first-order valence-electron chi connectivity index (χ1n) is 4.36. The summed E-state index contributed by atoms with van der Waals surface area (Å²) in [6.45, 7) is 4.21. The summed E-state index contributed by atoms with van der Waals surface area (Å²) in [6.07, 6.45) is 6.76. The summed E-state index contributed by atoms with van der Waals surface area (Å²) >= 11 is 2.03. The van der Waals surface area contributed by atoms with Gasteiger partial charge in [-0.25, -0.2) is 0 Å². The summed E-state index contributed by atoms with van der Waals surface area (Å²) < 4.78 is 0. The van der Waals surface area contributed by atoms with Crippen LogP contribution in [-0.2, 0) is 0 Å². The van der Waals surface area contributed by atoms with Crippen LogP contribution in [0.1, 0.15) is 20.3 Å². The zero-order valence-corrected chi connectivity index (χ0v) is 8.95. The van der Waals surface area contributed by atoms with E-state index in [2.05, 4.69) is 31.7 Å². The molecule has 2 heteroatoms. The molecule has 1 saturated heterocycles. The minimum absolute atomic E-state index is 0.0877. The van der Waals surface area contributed by atoms with E-state index in [1.165, 1.54) is 17.9 Å². The first-order valence-corrected chi connectivity index (χ1v) is 5.52. The van der Waals surface area contributed by atoms with E-state index in [0.29, 0.717) is 6.04 Å². The Balaban J connectivity index is 2.57. The summed E-state index contributed by atoms with van der Waals surface area (Å²) in [4.78, 5) is 2.33. The van der Waals surface area contributed by atoms with Crippen molar-refractivity contribution in [2.24, 2.45) is 0 Å². The highest BCUT2D eigenvalue weighted by Crippen LogP contribution is 2.26. The predicted molar refractivity (Wildman–Crippen MR) is 56.4 cm³/mol. The molecule has 0 radical (unpaired) electrons. The van der Waals surface area contributed by atoms with Crippen molar-refractivity contribution in [2.45, 2.75) is 31.8 Å². The van der Waals surface area contributed by atoms with E-state index in [1.54, 1.807) is 0 Å². The van der Waals surface area contributed by atoms with Crippen molar-refractivity contribution in [1.82, 2.24) is 4.90 Å². The lowest BCUT2D eigenvalue weighted by Gasteiger charge is -2.35. The van der Waals surface area contributed by atoms with Crippen molar-refractivity contribution in [3.8, 4) is 12.3 Å². The zero-order valence-electron chi connectivity index (χ0n) is 8.13. The topological polar surface area (TPSA) is 3.24 Å². The van der Waals surface area contributed by atoms with Gasteiger partial charge in [-0.05, 0) is 33.1 Å². The number of nitrogens with zero attached hydrogens (tertiary/aromatic N) is 1. The van der Waals surface area contributed by atoms with Crippen molar-refractivity contribution in [1.29, 1.82) is 0 Å². The fraction of sp³-hybridized carbons (Fsp3) is 0.800. The molecule has 0 bridgehead atoms. The lowest BCUT2D eigenvalue weighted by molar-refractivity contribution is 0.162. The third kappa shape index (κ3) is 1.97. The molecule has 0 spiro atoms. The number of thioether (sulfide) groups is 1. The Morgan fingerprint density at radius 3 is 2.67 bits per heavy atom. The van der Waals surface area contributed by atoms with Crippen molar-refractivity contribution in [2.75, 3.05) is 18.6 Å². The fourth-order valence-corrected chi connectivity index (χ4v) is 2.65. The highest BCUT2D eigenvalue weighted by molar-refractivity contribution is 7.99. The van der Waals surface area contributed by atoms with Gasteiger partial charge in [0.05, 0.1) is 5.54 Å². The fourth-order valence-electron chi connectivity index (χ4n) is 1.39. The summed E-state index contributed by atoms with van der Waals surface area (Å²) in [6, 6.07) is 0.682. The van der Waals surface area contributed by atoms with Crippen LogP contribution in [0, 0.1) is 12.3 Å². The summed E-state index contributed by atoms with van der Waals surface area (Å²) in [5.74, 6) is 5.36. The van der Waals surface area contributed by atoms with Crippen molar-refractivity contribution < 1.29 is 0 Å². The van der Waals surface area contributed by atoms with Gasteiger partial charge in [-0.2, -0.15) is 11.8 Å². The van der Waals surface area contributed by atoms with Gasteiger partial charge in [-0.15, -0.1) is 6.42 Å². The molecule has 12 heavy (non-hydrogen) atoms. The second-order valence-electron chi connectivity index (χ2n) is 3.83. The Morgan fingerprint density at radius 1 is 1.58 bits per heavy atom. The highest BCUT2D eigenvalue weighted by atomic mass is 32.2. The van der Waals surface area contributed by atoms with Crippen LogP contribution in [0.5, 0.6) is 0 Å². The number of terminal acetylenes is 1. The smallest absolute Gasteiger partial charge is 0.0766 e. The molecule has 1 atom stereocenters. The van der Waals surface area contributed by atoms with Crippen LogP contribution in [-0.4, -0.2) is 35.0 Å². The quantitative estimate of drug-likeness (QED) is 0.601. The van der Waals surface area contributed by atoms with Gasteiger partial charge < -0.3 is 0 Å². The van der Waals surface area contributed by atoms with Gasteiger partial charge in [0.25, 0.3) is 0 Å². The Hall–Kier alpha value is -0.130. The van der Waals surface area contributed by atoms with E-state index in [4.69, 9.17) is 6.42 Å². The molecule has 0 amide bonds. The summed E-state index contributed by atoms with van der Waals surface area (Å²) in [5, 5.41) is 0. The maximum atomic E-state index is 5.48. The van der Waals surface area contributed by atoms with Gasteiger partial charge in [0.15, 0.2) is 0 Å². The lowest BCUT2D eigenvalue weighted by atomic mass is 10.0. The normalized spacial score (nSPS) is 24.4. The maximum Gasteiger partial charge on any atom is 0.0766 e. The number of rotatable bonds is 2. The van der Waals surface area contributed by atoms with E-state index in [1.807, 2.05) is 11.8 Å². The van der Waals surface area contributed by atoms with Gasteiger partial charge in [-0.3, -0.25) is 4.90 Å². The van der Waals surface area contributed by atoms with Crippen LogP contribution < -0.4 is 0 Å². The van der Waals surface area contributed by atoms with Crippen LogP contribution in [0.25, 0.3) is 0 Å². The molecule has 1 fully saturated rings. The average molecular weight is 183 g/mol. The zero-order chi connectivity index (χ0) is 9.19. The van der Waals surface area contributed by atoms with Gasteiger partial charge >= 0.3 is 0 Å². The van der Waals surface area contributed by atoms with E-state index >= 15 is 0 Å². The first kappa shape index (κ1) is 9.95. The summed E-state index contributed by atoms with van der Waals surface area (Å²) in [5.41, 5.74) is -0.0877. The molecule has 1 aliphatic rings. The molecule has 0 aromatic carbocycles. The molecule has 0 aliphatic carbocycles. The molecule has 1 nitrogen and oxygen atoms in total. The van der Waals surface area contributed by atoms with Crippen molar-refractivity contribution >= 4 is 11.8 Å². The summed E-state index contributed by atoms with van der Waals surface area (Å²) in [7, 11) is 2.14. The Labute approximate surface area is 79.9 Å². The molecule has 1 rings (SSSR count). The van der Waals surface area contributed by atoms with Crippen LogP contribution in [0.3, 0.4) is 0 Å². The van der Waals surface area contributed by atoms with Crippen molar-refractivity contribution in [3.05, 3.63) is 0 Å². The third-order valence-electron chi connectivity index (χ3n) is 2.69. The Morgan fingerprint density at radius 2 is 2.25 bits per heavy atom. The molecular weight excluding hydrogens is 166 g/mol. The molecule has 68 valence electrons. The van der Waals surface area contributed by atoms with E-state index in [9.17, 15) is 0 Å². The highest BCUT2D eigenvalue weighted by Gasteiger charge is 2.29. The van der Waals surface area contributed by atoms with Gasteiger partial charge in [0, 0.05) is 11.8 Å². The largest absolute Gasteiger partial charge is 0.287 e. The molecule has 0 aromatic heterocycles. The third-order valence-corrected chi connectivity index (χ3v) is 3.83. The van der Waals surface area contributed by atoms with Crippen molar-refractivity contribution in [3.63, 3.8) is 0 Å². The molecule has 1 aliphatic heterocycles. The second-order valence-corrected chi connectivity index (χ2v) is 4.98. The second kappa shape index (κ2) is 3.72. The minimum atomic E-state index is -0.0877. The number of hydrogen-bond donors (Lipinski definition) is 0. The Kier molecular flexibility index (Phi) is 3.09. The van der Waals surface area contributed by atoms with Crippen LogP contribution in [0.2, 0.25) is 0 Å².